The standard InChI is InChI=1S/C28H29N3O2/c1-3-13-30(14-4-2)15-16-31-25-12-8-6-10-20(25)28(33)22-17-24-21(18-26(22)31)27(32)19-9-5-7-11-23(19)29-24/h5-12,17-18H,3-4,13-16H2,1-2H3,(H,29,32). The average molecular weight is 440 g/mol. The maximum atomic E-state index is 13.5. The lowest BCUT2D eigenvalue weighted by Crippen LogP contribution is -2.29. The van der Waals surface area contributed by atoms with E-state index in [0.29, 0.717) is 27.1 Å². The number of pyridine rings is 2. The van der Waals surface area contributed by atoms with Gasteiger partial charge in [0.25, 0.3) is 0 Å². The number of rotatable bonds is 7. The number of hydrogen-bond acceptors (Lipinski definition) is 3. The van der Waals surface area contributed by atoms with Crippen LogP contribution in [0.1, 0.15) is 26.7 Å². The molecule has 0 aliphatic rings. The second-order valence-electron chi connectivity index (χ2n) is 8.75. The summed E-state index contributed by atoms with van der Waals surface area (Å²) in [6.45, 7) is 8.17. The number of nitrogens with one attached hydrogen (secondary N) is 1. The van der Waals surface area contributed by atoms with E-state index in [9.17, 15) is 9.59 Å². The Morgan fingerprint density at radius 3 is 2.12 bits per heavy atom. The van der Waals surface area contributed by atoms with Gasteiger partial charge in [-0.1, -0.05) is 38.1 Å². The van der Waals surface area contributed by atoms with Crippen molar-refractivity contribution in [1.82, 2.24) is 14.5 Å². The number of aromatic amines is 1. The highest BCUT2D eigenvalue weighted by atomic mass is 16.1. The van der Waals surface area contributed by atoms with Crippen molar-refractivity contribution in [1.29, 1.82) is 0 Å². The minimum absolute atomic E-state index is 0.00623. The van der Waals surface area contributed by atoms with Gasteiger partial charge in [-0.05, 0) is 62.3 Å². The lowest BCUT2D eigenvalue weighted by Gasteiger charge is -2.23. The van der Waals surface area contributed by atoms with Crippen LogP contribution >= 0.6 is 0 Å². The van der Waals surface area contributed by atoms with Gasteiger partial charge in [-0.25, -0.2) is 0 Å². The highest BCUT2D eigenvalue weighted by Gasteiger charge is 2.15. The zero-order chi connectivity index (χ0) is 22.9. The van der Waals surface area contributed by atoms with Crippen molar-refractivity contribution >= 4 is 43.6 Å². The SMILES string of the molecule is CCCN(CCC)CCn1c2ccccc2c(=O)c2cc3[nH]c4ccccc4c(=O)c3cc21. The Morgan fingerprint density at radius 1 is 0.697 bits per heavy atom. The Morgan fingerprint density at radius 2 is 1.36 bits per heavy atom. The molecule has 2 aromatic heterocycles. The molecule has 5 heteroatoms. The molecule has 0 aliphatic carbocycles. The summed E-state index contributed by atoms with van der Waals surface area (Å²) in [6.07, 6.45) is 2.22. The molecule has 0 spiro atoms. The minimum atomic E-state index is -0.00741. The van der Waals surface area contributed by atoms with E-state index in [0.717, 1.165) is 55.6 Å². The van der Waals surface area contributed by atoms with E-state index in [-0.39, 0.29) is 10.9 Å². The fourth-order valence-electron chi connectivity index (χ4n) is 4.99. The fourth-order valence-corrected chi connectivity index (χ4v) is 4.99. The van der Waals surface area contributed by atoms with Gasteiger partial charge in [0.1, 0.15) is 0 Å². The maximum absolute atomic E-state index is 13.5. The molecular weight excluding hydrogens is 410 g/mol. The monoisotopic (exact) mass is 439 g/mol. The Bertz CT molecular complexity index is 1590. The van der Waals surface area contributed by atoms with Crippen molar-refractivity contribution < 1.29 is 0 Å². The fraction of sp³-hybridized carbons (Fsp3) is 0.286. The molecule has 0 aliphatic heterocycles. The van der Waals surface area contributed by atoms with Gasteiger partial charge in [0, 0.05) is 40.2 Å². The van der Waals surface area contributed by atoms with Gasteiger partial charge >= 0.3 is 0 Å². The van der Waals surface area contributed by atoms with Crippen molar-refractivity contribution in [2.24, 2.45) is 0 Å². The Hall–Kier alpha value is -3.44. The van der Waals surface area contributed by atoms with Crippen LogP contribution in [0.5, 0.6) is 0 Å². The molecule has 168 valence electrons. The van der Waals surface area contributed by atoms with Gasteiger partial charge in [0.2, 0.25) is 0 Å². The Balaban J connectivity index is 1.79. The van der Waals surface area contributed by atoms with Gasteiger partial charge in [0.05, 0.1) is 16.6 Å². The molecule has 0 unspecified atom stereocenters. The molecule has 0 bridgehead atoms. The van der Waals surface area contributed by atoms with Crippen LogP contribution in [-0.4, -0.2) is 34.1 Å². The third-order valence-corrected chi connectivity index (χ3v) is 6.52. The van der Waals surface area contributed by atoms with E-state index in [1.165, 1.54) is 0 Å². The van der Waals surface area contributed by atoms with Crippen LogP contribution in [0.15, 0.2) is 70.3 Å². The van der Waals surface area contributed by atoms with Gasteiger partial charge < -0.3 is 14.5 Å². The third kappa shape index (κ3) is 3.72. The second-order valence-corrected chi connectivity index (χ2v) is 8.75. The van der Waals surface area contributed by atoms with Crippen molar-refractivity contribution in [3.8, 4) is 0 Å². The van der Waals surface area contributed by atoms with Gasteiger partial charge in [-0.15, -0.1) is 0 Å². The molecule has 1 N–H and O–H groups in total. The molecule has 0 fully saturated rings. The lowest BCUT2D eigenvalue weighted by molar-refractivity contribution is 0.266. The predicted octanol–water partition coefficient (Wildman–Crippen LogP) is 5.27. The van der Waals surface area contributed by atoms with Gasteiger partial charge in [0.15, 0.2) is 10.9 Å². The van der Waals surface area contributed by atoms with Crippen molar-refractivity contribution in [3.05, 3.63) is 81.1 Å². The van der Waals surface area contributed by atoms with Crippen molar-refractivity contribution in [3.63, 3.8) is 0 Å². The van der Waals surface area contributed by atoms with Crippen LogP contribution in [0.2, 0.25) is 0 Å². The zero-order valence-electron chi connectivity index (χ0n) is 19.2. The molecule has 5 nitrogen and oxygen atoms in total. The van der Waals surface area contributed by atoms with Crippen molar-refractivity contribution in [2.45, 2.75) is 33.2 Å². The summed E-state index contributed by atoms with van der Waals surface area (Å²) in [7, 11) is 0. The van der Waals surface area contributed by atoms with E-state index < -0.39 is 0 Å². The summed E-state index contributed by atoms with van der Waals surface area (Å²) < 4.78 is 2.22. The highest BCUT2D eigenvalue weighted by Crippen LogP contribution is 2.24. The van der Waals surface area contributed by atoms with E-state index in [1.54, 1.807) is 0 Å². The topological polar surface area (TPSA) is 58.1 Å². The number of hydrogen-bond donors (Lipinski definition) is 1. The smallest absolute Gasteiger partial charge is 0.197 e. The number of para-hydroxylation sites is 2. The maximum Gasteiger partial charge on any atom is 0.197 e. The van der Waals surface area contributed by atoms with Gasteiger partial charge in [-0.3, -0.25) is 9.59 Å². The molecular formula is C28H29N3O2. The summed E-state index contributed by atoms with van der Waals surface area (Å²) in [4.78, 5) is 32.6. The highest BCUT2D eigenvalue weighted by molar-refractivity contribution is 6.03. The first kappa shape index (κ1) is 21.4. The molecule has 0 saturated carbocycles. The number of H-pyrrole nitrogens is 1. The average Bonchev–Trinajstić information content (AvgIpc) is 2.84. The largest absolute Gasteiger partial charge is 0.354 e. The molecule has 0 saturated heterocycles. The summed E-state index contributed by atoms with van der Waals surface area (Å²) in [5.74, 6) is 0. The number of nitrogens with zero attached hydrogens (tertiary/aromatic N) is 2. The first-order valence-corrected chi connectivity index (χ1v) is 11.8. The van der Waals surface area contributed by atoms with Crippen LogP contribution in [0, 0.1) is 0 Å². The molecule has 5 aromatic rings. The summed E-state index contributed by atoms with van der Waals surface area (Å²) >= 11 is 0. The third-order valence-electron chi connectivity index (χ3n) is 6.52. The van der Waals surface area contributed by atoms with Crippen LogP contribution in [0.4, 0.5) is 0 Å². The van der Waals surface area contributed by atoms with Crippen LogP contribution in [-0.2, 0) is 6.54 Å². The molecule has 0 radical (unpaired) electrons. The van der Waals surface area contributed by atoms with E-state index in [4.69, 9.17) is 0 Å². The predicted molar refractivity (Wildman–Crippen MR) is 138 cm³/mol. The summed E-state index contributed by atoms with van der Waals surface area (Å²) in [5, 5.41) is 2.63. The molecule has 5 rings (SSSR count). The molecule has 0 amide bonds. The number of aromatic nitrogens is 2. The number of benzene rings is 3. The normalized spacial score (nSPS) is 12.0. The van der Waals surface area contributed by atoms with E-state index in [2.05, 4.69) is 28.3 Å². The first-order valence-electron chi connectivity index (χ1n) is 11.8. The van der Waals surface area contributed by atoms with Crippen LogP contribution < -0.4 is 10.9 Å². The minimum Gasteiger partial charge on any atom is -0.354 e. The molecule has 0 atom stereocenters. The number of fused-ring (bicyclic) bond motifs is 4. The lowest BCUT2D eigenvalue weighted by atomic mass is 10.0. The summed E-state index contributed by atoms with van der Waals surface area (Å²) in [5.41, 5.74) is 3.21. The second kappa shape index (κ2) is 8.83. The molecule has 33 heavy (non-hydrogen) atoms. The Kier molecular flexibility index (Phi) is 5.73. The molecule has 3 aromatic carbocycles. The van der Waals surface area contributed by atoms with Crippen molar-refractivity contribution in [2.75, 3.05) is 19.6 Å². The molecule has 2 heterocycles. The first-order chi connectivity index (χ1) is 16.1. The zero-order valence-corrected chi connectivity index (χ0v) is 19.2. The van der Waals surface area contributed by atoms with E-state index in [1.807, 2.05) is 60.7 Å². The van der Waals surface area contributed by atoms with Crippen LogP contribution in [0.3, 0.4) is 0 Å². The Labute approximate surface area is 192 Å². The summed E-state index contributed by atoms with van der Waals surface area (Å²) in [6, 6.07) is 19.1. The van der Waals surface area contributed by atoms with Gasteiger partial charge in [-0.2, -0.15) is 0 Å². The van der Waals surface area contributed by atoms with Crippen LogP contribution in [0.25, 0.3) is 43.6 Å². The van der Waals surface area contributed by atoms with E-state index >= 15 is 0 Å². The quantitative estimate of drug-likeness (QED) is 0.352.